The van der Waals surface area contributed by atoms with Gasteiger partial charge in [-0.1, -0.05) is 43.7 Å². The second-order valence-corrected chi connectivity index (χ2v) is 5.46. The molecule has 1 aromatic carbocycles. The first-order valence-corrected chi connectivity index (χ1v) is 7.37. The molecule has 96 valence electrons. The molecule has 0 amide bonds. The standard InChI is InChI=1S/C15H20N2S/c1-3-7-14(13-8-5-4-6-9-13)16-10-15-17-12(2)11-18-15/h4-6,8-9,11,14,16H,3,7,10H2,1-2H3. The minimum absolute atomic E-state index is 0.431. The van der Waals surface area contributed by atoms with E-state index in [0.29, 0.717) is 6.04 Å². The van der Waals surface area contributed by atoms with Crippen molar-refractivity contribution >= 4 is 11.3 Å². The Balaban J connectivity index is 1.98. The lowest BCUT2D eigenvalue weighted by Gasteiger charge is -2.17. The first-order valence-electron chi connectivity index (χ1n) is 6.49. The van der Waals surface area contributed by atoms with E-state index in [4.69, 9.17) is 0 Å². The van der Waals surface area contributed by atoms with Gasteiger partial charge in [0, 0.05) is 23.7 Å². The summed E-state index contributed by atoms with van der Waals surface area (Å²) in [6, 6.07) is 11.1. The predicted octanol–water partition coefficient (Wildman–Crippen LogP) is 4.08. The minimum Gasteiger partial charge on any atom is -0.304 e. The number of aromatic nitrogens is 1. The van der Waals surface area contributed by atoms with Crippen molar-refractivity contribution < 1.29 is 0 Å². The average Bonchev–Trinajstić information content (AvgIpc) is 2.81. The molecule has 0 aliphatic heterocycles. The van der Waals surface area contributed by atoms with Gasteiger partial charge in [0.2, 0.25) is 0 Å². The Bertz CT molecular complexity index is 464. The Hall–Kier alpha value is -1.19. The molecule has 0 bridgehead atoms. The summed E-state index contributed by atoms with van der Waals surface area (Å²) in [6.45, 7) is 5.13. The topological polar surface area (TPSA) is 24.9 Å². The van der Waals surface area contributed by atoms with Crippen LogP contribution in [0.4, 0.5) is 0 Å². The summed E-state index contributed by atoms with van der Waals surface area (Å²) >= 11 is 1.73. The monoisotopic (exact) mass is 260 g/mol. The number of hydrogen-bond donors (Lipinski definition) is 1. The first kappa shape index (κ1) is 13.2. The summed E-state index contributed by atoms with van der Waals surface area (Å²) in [6.07, 6.45) is 2.35. The number of nitrogens with zero attached hydrogens (tertiary/aromatic N) is 1. The Morgan fingerprint density at radius 2 is 2.06 bits per heavy atom. The van der Waals surface area contributed by atoms with E-state index >= 15 is 0 Å². The Morgan fingerprint density at radius 3 is 2.67 bits per heavy atom. The van der Waals surface area contributed by atoms with Crippen molar-refractivity contribution in [2.75, 3.05) is 0 Å². The van der Waals surface area contributed by atoms with E-state index in [0.717, 1.165) is 18.7 Å². The number of nitrogens with one attached hydrogen (secondary N) is 1. The van der Waals surface area contributed by atoms with Gasteiger partial charge in [0.25, 0.3) is 0 Å². The second-order valence-electron chi connectivity index (χ2n) is 4.52. The van der Waals surface area contributed by atoms with E-state index in [-0.39, 0.29) is 0 Å². The third-order valence-corrected chi connectivity index (χ3v) is 3.91. The number of aryl methyl sites for hydroxylation is 1. The van der Waals surface area contributed by atoms with Gasteiger partial charge in [-0.2, -0.15) is 0 Å². The summed E-state index contributed by atoms with van der Waals surface area (Å²) in [5, 5.41) is 6.89. The molecule has 0 saturated heterocycles. The van der Waals surface area contributed by atoms with E-state index < -0.39 is 0 Å². The molecule has 1 heterocycles. The van der Waals surface area contributed by atoms with Crippen LogP contribution >= 0.6 is 11.3 Å². The van der Waals surface area contributed by atoms with Crippen LogP contribution in [0.2, 0.25) is 0 Å². The normalized spacial score (nSPS) is 12.6. The highest BCUT2D eigenvalue weighted by molar-refractivity contribution is 7.09. The molecule has 1 atom stereocenters. The molecule has 2 rings (SSSR count). The summed E-state index contributed by atoms with van der Waals surface area (Å²) in [7, 11) is 0. The zero-order valence-electron chi connectivity index (χ0n) is 11.0. The second kappa shape index (κ2) is 6.66. The summed E-state index contributed by atoms with van der Waals surface area (Å²) in [5.41, 5.74) is 2.48. The lowest BCUT2D eigenvalue weighted by Crippen LogP contribution is -2.20. The molecule has 0 aliphatic rings. The molecule has 2 nitrogen and oxygen atoms in total. The molecular weight excluding hydrogens is 240 g/mol. The minimum atomic E-state index is 0.431. The summed E-state index contributed by atoms with van der Waals surface area (Å²) in [4.78, 5) is 4.49. The molecular formula is C15H20N2S. The van der Waals surface area contributed by atoms with E-state index in [9.17, 15) is 0 Å². The van der Waals surface area contributed by atoms with E-state index in [1.807, 2.05) is 6.92 Å². The van der Waals surface area contributed by atoms with E-state index in [1.165, 1.54) is 17.0 Å². The number of benzene rings is 1. The largest absolute Gasteiger partial charge is 0.304 e. The van der Waals surface area contributed by atoms with Gasteiger partial charge >= 0.3 is 0 Å². The van der Waals surface area contributed by atoms with E-state index in [1.54, 1.807) is 11.3 Å². The number of thiazole rings is 1. The zero-order valence-corrected chi connectivity index (χ0v) is 11.8. The molecule has 1 unspecified atom stereocenters. The zero-order chi connectivity index (χ0) is 12.8. The quantitative estimate of drug-likeness (QED) is 0.846. The van der Waals surface area contributed by atoms with Gasteiger partial charge < -0.3 is 5.32 Å². The molecule has 2 aromatic rings. The fraction of sp³-hybridized carbons (Fsp3) is 0.400. The SMILES string of the molecule is CCCC(NCc1nc(C)cs1)c1ccccc1. The van der Waals surface area contributed by atoms with Crippen molar-refractivity contribution in [3.63, 3.8) is 0 Å². The Morgan fingerprint density at radius 1 is 1.28 bits per heavy atom. The van der Waals surface area contributed by atoms with Gasteiger partial charge in [0.1, 0.15) is 5.01 Å². The maximum atomic E-state index is 4.49. The van der Waals surface area contributed by atoms with Crippen molar-refractivity contribution in [1.29, 1.82) is 0 Å². The van der Waals surface area contributed by atoms with Gasteiger partial charge in [-0.25, -0.2) is 4.98 Å². The van der Waals surface area contributed by atoms with Crippen molar-refractivity contribution in [2.24, 2.45) is 0 Å². The highest BCUT2D eigenvalue weighted by Gasteiger charge is 2.10. The molecule has 18 heavy (non-hydrogen) atoms. The van der Waals surface area contributed by atoms with Gasteiger partial charge in [0.05, 0.1) is 0 Å². The molecule has 3 heteroatoms. The molecule has 0 radical (unpaired) electrons. The van der Waals surface area contributed by atoms with Crippen molar-refractivity contribution in [2.45, 2.75) is 39.3 Å². The van der Waals surface area contributed by atoms with Crippen LogP contribution < -0.4 is 5.32 Å². The fourth-order valence-corrected chi connectivity index (χ4v) is 2.78. The van der Waals surface area contributed by atoms with Gasteiger partial charge in [-0.3, -0.25) is 0 Å². The van der Waals surface area contributed by atoms with Crippen LogP contribution in [-0.2, 0) is 6.54 Å². The summed E-state index contributed by atoms with van der Waals surface area (Å²) in [5.74, 6) is 0. The molecule has 0 spiro atoms. The van der Waals surface area contributed by atoms with E-state index in [2.05, 4.69) is 52.9 Å². The lowest BCUT2D eigenvalue weighted by molar-refractivity contribution is 0.492. The van der Waals surface area contributed by atoms with Gasteiger partial charge in [0.15, 0.2) is 0 Å². The third kappa shape index (κ3) is 3.65. The fourth-order valence-electron chi connectivity index (χ4n) is 2.06. The van der Waals surface area contributed by atoms with Crippen LogP contribution in [0.15, 0.2) is 35.7 Å². The first-order chi connectivity index (χ1) is 8.79. The Labute approximate surface area is 113 Å². The van der Waals surface area contributed by atoms with Gasteiger partial charge in [-0.15, -0.1) is 11.3 Å². The maximum absolute atomic E-state index is 4.49. The van der Waals surface area contributed by atoms with Crippen molar-refractivity contribution in [3.05, 3.63) is 52.0 Å². The number of hydrogen-bond acceptors (Lipinski definition) is 3. The third-order valence-electron chi connectivity index (χ3n) is 2.95. The molecule has 0 fully saturated rings. The molecule has 0 saturated carbocycles. The smallest absolute Gasteiger partial charge is 0.107 e. The van der Waals surface area contributed by atoms with Crippen LogP contribution in [0.3, 0.4) is 0 Å². The van der Waals surface area contributed by atoms with Crippen LogP contribution in [0, 0.1) is 6.92 Å². The number of rotatable bonds is 6. The van der Waals surface area contributed by atoms with Gasteiger partial charge in [-0.05, 0) is 18.9 Å². The highest BCUT2D eigenvalue weighted by atomic mass is 32.1. The van der Waals surface area contributed by atoms with Crippen LogP contribution in [-0.4, -0.2) is 4.98 Å². The highest BCUT2D eigenvalue weighted by Crippen LogP contribution is 2.19. The van der Waals surface area contributed by atoms with Crippen molar-refractivity contribution in [3.8, 4) is 0 Å². The molecule has 1 N–H and O–H groups in total. The van der Waals surface area contributed by atoms with Crippen LogP contribution in [0.5, 0.6) is 0 Å². The molecule has 0 aliphatic carbocycles. The molecule has 1 aromatic heterocycles. The summed E-state index contributed by atoms with van der Waals surface area (Å²) < 4.78 is 0. The Kier molecular flexibility index (Phi) is 4.90. The van der Waals surface area contributed by atoms with Crippen LogP contribution in [0.1, 0.15) is 42.1 Å². The van der Waals surface area contributed by atoms with Crippen LogP contribution in [0.25, 0.3) is 0 Å². The van der Waals surface area contributed by atoms with Crippen molar-refractivity contribution in [1.82, 2.24) is 10.3 Å². The predicted molar refractivity (Wildman–Crippen MR) is 77.8 cm³/mol. The average molecular weight is 260 g/mol. The lowest BCUT2D eigenvalue weighted by atomic mass is 10.0. The maximum Gasteiger partial charge on any atom is 0.107 e.